The second-order valence-corrected chi connectivity index (χ2v) is 7.76. The molecule has 1 aliphatic heterocycles. The number of methoxy groups -OCH3 is 2. The van der Waals surface area contributed by atoms with Gasteiger partial charge in [-0.3, -0.25) is 4.99 Å². The van der Waals surface area contributed by atoms with E-state index in [0.29, 0.717) is 6.54 Å². The van der Waals surface area contributed by atoms with Crippen LogP contribution >= 0.6 is 11.8 Å². The highest BCUT2D eigenvalue weighted by Gasteiger charge is 2.35. The van der Waals surface area contributed by atoms with Gasteiger partial charge < -0.3 is 9.47 Å². The third kappa shape index (κ3) is 3.84. The topological polar surface area (TPSA) is 30.8 Å². The minimum atomic E-state index is -0.0449. The van der Waals surface area contributed by atoms with Gasteiger partial charge in [0.1, 0.15) is 16.2 Å². The van der Waals surface area contributed by atoms with Crippen LogP contribution in [0.1, 0.15) is 28.2 Å². The Hall–Kier alpha value is -2.56. The van der Waals surface area contributed by atoms with E-state index in [2.05, 4.69) is 48.5 Å². The molecule has 1 heterocycles. The molecule has 28 heavy (non-hydrogen) atoms. The van der Waals surface area contributed by atoms with Gasteiger partial charge in [0.2, 0.25) is 0 Å². The van der Waals surface area contributed by atoms with E-state index in [0.717, 1.165) is 16.4 Å². The number of ether oxygens (including phenoxy) is 2. The Morgan fingerprint density at radius 1 is 0.893 bits per heavy atom. The largest absolute Gasteiger partial charge is 0.497 e. The van der Waals surface area contributed by atoms with Crippen molar-refractivity contribution >= 4 is 16.8 Å². The number of nitrogens with zero attached hydrogens (tertiary/aromatic N) is 1. The molecule has 0 N–H and O–H groups in total. The van der Waals surface area contributed by atoms with Crippen molar-refractivity contribution < 1.29 is 9.47 Å². The molecule has 2 atom stereocenters. The quantitative estimate of drug-likeness (QED) is 0.578. The highest BCUT2D eigenvalue weighted by atomic mass is 32.2. The number of benzene rings is 3. The summed E-state index contributed by atoms with van der Waals surface area (Å²) in [6, 6.07) is 27.1. The zero-order valence-electron chi connectivity index (χ0n) is 16.0. The zero-order valence-corrected chi connectivity index (χ0v) is 16.9. The van der Waals surface area contributed by atoms with E-state index in [1.807, 2.05) is 30.3 Å². The number of aliphatic imine (C=N–C) groups is 1. The summed E-state index contributed by atoms with van der Waals surface area (Å²) in [6.45, 7) is 0.654. The van der Waals surface area contributed by atoms with Crippen molar-refractivity contribution in [1.82, 2.24) is 0 Å². The molecule has 1 aliphatic rings. The van der Waals surface area contributed by atoms with E-state index < -0.39 is 0 Å². The summed E-state index contributed by atoms with van der Waals surface area (Å²) in [5.41, 5.74) is 4.74. The second-order valence-electron chi connectivity index (χ2n) is 6.67. The summed E-state index contributed by atoms with van der Waals surface area (Å²) < 4.78 is 11.4. The molecule has 0 amide bonds. The number of hydrogen-bond donors (Lipinski definition) is 0. The minimum absolute atomic E-state index is 0.0449. The van der Waals surface area contributed by atoms with Crippen LogP contribution in [0.5, 0.6) is 5.75 Å². The average molecular weight is 390 g/mol. The standard InChI is InChI=1S/C24H23NO2S/c1-26-19-13-14-20-21(15-19)22(18-11-7-4-8-12-18)24(27-2)28-23(20)25-16-17-9-5-3-6-10-17/h3-15,22,24H,16H2,1-2H3/t22-,24-/m1/s1. The van der Waals surface area contributed by atoms with Crippen LogP contribution in [0.25, 0.3) is 0 Å². The summed E-state index contributed by atoms with van der Waals surface area (Å²) in [5.74, 6) is 0.973. The molecule has 3 aromatic rings. The monoisotopic (exact) mass is 389 g/mol. The number of rotatable bonds is 5. The molecule has 3 nitrogen and oxygen atoms in total. The lowest BCUT2D eigenvalue weighted by molar-refractivity contribution is 0.160. The molecule has 0 bridgehead atoms. The van der Waals surface area contributed by atoms with Crippen LogP contribution in [0.15, 0.2) is 83.9 Å². The molecule has 0 saturated carbocycles. The van der Waals surface area contributed by atoms with Crippen molar-refractivity contribution in [1.29, 1.82) is 0 Å². The lowest BCUT2D eigenvalue weighted by Gasteiger charge is -2.33. The fourth-order valence-corrected chi connectivity index (χ4v) is 4.77. The first-order valence-electron chi connectivity index (χ1n) is 9.31. The molecule has 0 unspecified atom stereocenters. The van der Waals surface area contributed by atoms with Crippen LogP contribution < -0.4 is 4.74 Å². The molecular weight excluding hydrogens is 366 g/mol. The first kappa shape index (κ1) is 18.8. The van der Waals surface area contributed by atoms with Gasteiger partial charge in [-0.15, -0.1) is 0 Å². The van der Waals surface area contributed by atoms with Gasteiger partial charge in [0.05, 0.1) is 13.7 Å². The Kier molecular flexibility index (Phi) is 5.79. The Bertz CT molecular complexity index is 957. The number of fused-ring (bicyclic) bond motifs is 1. The predicted molar refractivity (Wildman–Crippen MR) is 116 cm³/mol. The lowest BCUT2D eigenvalue weighted by Crippen LogP contribution is -2.27. The van der Waals surface area contributed by atoms with Crippen molar-refractivity contribution in [2.24, 2.45) is 4.99 Å². The van der Waals surface area contributed by atoms with E-state index >= 15 is 0 Å². The summed E-state index contributed by atoms with van der Waals surface area (Å²) in [6.07, 6.45) is 0. The zero-order chi connectivity index (χ0) is 19.3. The van der Waals surface area contributed by atoms with Gasteiger partial charge in [-0.05, 0) is 34.9 Å². The van der Waals surface area contributed by atoms with Gasteiger partial charge in [0.15, 0.2) is 0 Å². The van der Waals surface area contributed by atoms with E-state index in [1.165, 1.54) is 16.7 Å². The Labute approximate surface area is 170 Å². The van der Waals surface area contributed by atoms with Crippen LogP contribution in [0.4, 0.5) is 0 Å². The summed E-state index contributed by atoms with van der Waals surface area (Å²) >= 11 is 1.70. The highest BCUT2D eigenvalue weighted by Crippen LogP contribution is 2.44. The molecule has 0 saturated heterocycles. The fraction of sp³-hybridized carbons (Fsp3) is 0.208. The van der Waals surface area contributed by atoms with Gasteiger partial charge in [0, 0.05) is 18.6 Å². The van der Waals surface area contributed by atoms with Gasteiger partial charge in [-0.2, -0.15) is 0 Å². The molecule has 4 rings (SSSR count). The summed E-state index contributed by atoms with van der Waals surface area (Å²) in [7, 11) is 3.47. The van der Waals surface area contributed by atoms with Crippen LogP contribution in [-0.4, -0.2) is 24.7 Å². The Morgan fingerprint density at radius 2 is 1.61 bits per heavy atom. The molecule has 142 valence electrons. The third-order valence-electron chi connectivity index (χ3n) is 4.96. The van der Waals surface area contributed by atoms with Crippen molar-refractivity contribution in [2.75, 3.05) is 14.2 Å². The van der Waals surface area contributed by atoms with Crippen LogP contribution in [-0.2, 0) is 11.3 Å². The molecule has 0 aromatic heterocycles. The van der Waals surface area contributed by atoms with Crippen LogP contribution in [0.2, 0.25) is 0 Å². The number of hydrogen-bond acceptors (Lipinski definition) is 4. The summed E-state index contributed by atoms with van der Waals surface area (Å²) in [5, 5.41) is 1.01. The Balaban J connectivity index is 1.79. The third-order valence-corrected chi connectivity index (χ3v) is 6.23. The van der Waals surface area contributed by atoms with Gasteiger partial charge in [-0.1, -0.05) is 72.4 Å². The normalized spacial score (nSPS) is 20.0. The minimum Gasteiger partial charge on any atom is -0.497 e. The van der Waals surface area contributed by atoms with Crippen molar-refractivity contribution in [3.8, 4) is 5.75 Å². The molecular formula is C24H23NO2S. The van der Waals surface area contributed by atoms with Crippen molar-refractivity contribution in [3.63, 3.8) is 0 Å². The van der Waals surface area contributed by atoms with Crippen molar-refractivity contribution in [3.05, 3.63) is 101 Å². The average Bonchev–Trinajstić information content (AvgIpc) is 2.77. The van der Waals surface area contributed by atoms with E-state index in [-0.39, 0.29) is 11.4 Å². The van der Waals surface area contributed by atoms with Gasteiger partial charge in [0.25, 0.3) is 0 Å². The maximum atomic E-state index is 5.91. The summed E-state index contributed by atoms with van der Waals surface area (Å²) in [4.78, 5) is 4.94. The SMILES string of the molecule is COc1ccc2c(c1)[C@@H](c1ccccc1)[C@H](OC)SC2=NCc1ccccc1. The first-order valence-corrected chi connectivity index (χ1v) is 10.2. The van der Waals surface area contributed by atoms with E-state index in [4.69, 9.17) is 14.5 Å². The van der Waals surface area contributed by atoms with Crippen molar-refractivity contribution in [2.45, 2.75) is 17.9 Å². The molecule has 3 aromatic carbocycles. The van der Waals surface area contributed by atoms with E-state index in [9.17, 15) is 0 Å². The second kappa shape index (κ2) is 8.63. The van der Waals surface area contributed by atoms with Gasteiger partial charge in [-0.25, -0.2) is 0 Å². The maximum absolute atomic E-state index is 5.91. The number of thioether (sulfide) groups is 1. The maximum Gasteiger partial charge on any atom is 0.119 e. The molecule has 0 aliphatic carbocycles. The van der Waals surface area contributed by atoms with Crippen LogP contribution in [0, 0.1) is 0 Å². The fourth-order valence-electron chi connectivity index (χ4n) is 3.56. The van der Waals surface area contributed by atoms with Crippen LogP contribution in [0.3, 0.4) is 0 Å². The van der Waals surface area contributed by atoms with E-state index in [1.54, 1.807) is 26.0 Å². The highest BCUT2D eigenvalue weighted by molar-refractivity contribution is 8.15. The molecule has 0 radical (unpaired) electrons. The molecule has 0 fully saturated rings. The molecule has 0 spiro atoms. The Morgan fingerprint density at radius 3 is 2.29 bits per heavy atom. The first-order chi connectivity index (χ1) is 13.8. The smallest absolute Gasteiger partial charge is 0.119 e. The lowest BCUT2D eigenvalue weighted by atomic mass is 9.88. The predicted octanol–water partition coefficient (Wildman–Crippen LogP) is 5.49. The molecule has 4 heteroatoms. The van der Waals surface area contributed by atoms with Gasteiger partial charge >= 0.3 is 0 Å².